The molecular weight excluding hydrogens is 284 g/mol. The molecule has 0 fully saturated rings. The smallest absolute Gasteiger partial charge is 0.191 e. The predicted molar refractivity (Wildman–Crippen MR) is 89.0 cm³/mol. The van der Waals surface area contributed by atoms with E-state index in [9.17, 15) is 0 Å². The molecule has 1 aliphatic rings. The summed E-state index contributed by atoms with van der Waals surface area (Å²) in [5.41, 5.74) is 0. The van der Waals surface area contributed by atoms with Gasteiger partial charge < -0.3 is 10.6 Å². The zero-order chi connectivity index (χ0) is 15.1. The van der Waals surface area contributed by atoms with E-state index < -0.39 is 0 Å². The number of hydrogen-bond donors (Lipinski definition) is 2. The molecule has 0 aromatic carbocycles. The van der Waals surface area contributed by atoms with Crippen LogP contribution in [0.3, 0.4) is 0 Å². The van der Waals surface area contributed by atoms with Gasteiger partial charge in [-0.1, -0.05) is 0 Å². The lowest BCUT2D eigenvalue weighted by Gasteiger charge is -2.25. The van der Waals surface area contributed by atoms with Crippen LogP contribution in [-0.2, 0) is 13.0 Å². The van der Waals surface area contributed by atoms with E-state index in [2.05, 4.69) is 32.0 Å². The molecule has 1 aromatic heterocycles. The zero-order valence-corrected chi connectivity index (χ0v) is 14.0. The van der Waals surface area contributed by atoms with E-state index >= 15 is 0 Å². The van der Waals surface area contributed by atoms with Crippen LogP contribution in [0.4, 0.5) is 0 Å². The molecular formula is C14H26N6S. The third-order valence-corrected chi connectivity index (χ3v) is 4.29. The summed E-state index contributed by atoms with van der Waals surface area (Å²) in [5.74, 6) is 4.09. The van der Waals surface area contributed by atoms with E-state index in [1.807, 2.05) is 30.4 Å². The van der Waals surface area contributed by atoms with Crippen LogP contribution in [0.2, 0.25) is 0 Å². The zero-order valence-electron chi connectivity index (χ0n) is 13.2. The monoisotopic (exact) mass is 310 g/mol. The third-order valence-electron chi connectivity index (χ3n) is 3.60. The van der Waals surface area contributed by atoms with Gasteiger partial charge in [0.05, 0.1) is 6.54 Å². The molecule has 1 unspecified atom stereocenters. The standard InChI is InChI=1S/C14H26N6S/c1-11-17-13-7-6-12(10-20(13)19-11)18-14(15-2)16-8-4-5-9-21-3/h12H,4-10H2,1-3H3,(H2,15,16,18). The maximum absolute atomic E-state index is 4.44. The number of guanidine groups is 1. The molecule has 0 spiro atoms. The summed E-state index contributed by atoms with van der Waals surface area (Å²) in [6.07, 6.45) is 6.63. The van der Waals surface area contributed by atoms with E-state index in [0.29, 0.717) is 6.04 Å². The van der Waals surface area contributed by atoms with Gasteiger partial charge in [0.1, 0.15) is 11.6 Å². The predicted octanol–water partition coefficient (Wildman–Crippen LogP) is 1.21. The Hall–Kier alpha value is -1.24. The largest absolute Gasteiger partial charge is 0.356 e. The summed E-state index contributed by atoms with van der Waals surface area (Å²) >= 11 is 1.90. The van der Waals surface area contributed by atoms with Gasteiger partial charge in [0.2, 0.25) is 0 Å². The van der Waals surface area contributed by atoms with Gasteiger partial charge in [-0.2, -0.15) is 16.9 Å². The first-order valence-corrected chi connectivity index (χ1v) is 8.98. The lowest BCUT2D eigenvalue weighted by atomic mass is 10.1. The molecule has 21 heavy (non-hydrogen) atoms. The molecule has 0 saturated carbocycles. The van der Waals surface area contributed by atoms with Gasteiger partial charge in [-0.3, -0.25) is 4.99 Å². The van der Waals surface area contributed by atoms with Crippen molar-refractivity contribution in [1.82, 2.24) is 25.4 Å². The number of nitrogens with zero attached hydrogens (tertiary/aromatic N) is 4. The second-order valence-corrected chi connectivity index (χ2v) is 6.32. The van der Waals surface area contributed by atoms with Crippen molar-refractivity contribution in [3.05, 3.63) is 11.6 Å². The van der Waals surface area contributed by atoms with Gasteiger partial charge in [0.25, 0.3) is 0 Å². The third kappa shape index (κ3) is 4.91. The van der Waals surface area contributed by atoms with Crippen molar-refractivity contribution in [1.29, 1.82) is 0 Å². The highest BCUT2D eigenvalue weighted by Crippen LogP contribution is 2.12. The number of fused-ring (bicyclic) bond motifs is 1. The number of aliphatic imine (C=N–C) groups is 1. The van der Waals surface area contributed by atoms with Gasteiger partial charge in [-0.15, -0.1) is 0 Å². The van der Waals surface area contributed by atoms with Gasteiger partial charge in [0.15, 0.2) is 5.96 Å². The SMILES string of the molecule is CN=C(NCCCCSC)NC1CCc2nc(C)nn2C1. The molecule has 0 bridgehead atoms. The van der Waals surface area contributed by atoms with Gasteiger partial charge in [0, 0.05) is 26.1 Å². The molecule has 2 heterocycles. The maximum atomic E-state index is 4.44. The van der Waals surface area contributed by atoms with Crippen LogP contribution < -0.4 is 10.6 Å². The number of rotatable bonds is 6. The number of thioether (sulfide) groups is 1. The minimum Gasteiger partial charge on any atom is -0.356 e. The molecule has 6 nitrogen and oxygen atoms in total. The Balaban J connectivity index is 1.75. The van der Waals surface area contributed by atoms with E-state index in [4.69, 9.17) is 0 Å². The quantitative estimate of drug-likeness (QED) is 0.470. The molecule has 0 aliphatic carbocycles. The molecule has 2 N–H and O–H groups in total. The fourth-order valence-corrected chi connectivity index (χ4v) is 3.01. The normalized spacial score (nSPS) is 18.4. The fourth-order valence-electron chi connectivity index (χ4n) is 2.52. The number of hydrogen-bond acceptors (Lipinski definition) is 4. The van der Waals surface area contributed by atoms with Gasteiger partial charge in [-0.05, 0) is 38.2 Å². The Morgan fingerprint density at radius 3 is 3.10 bits per heavy atom. The molecule has 0 saturated heterocycles. The highest BCUT2D eigenvalue weighted by Gasteiger charge is 2.21. The van der Waals surface area contributed by atoms with Crippen molar-refractivity contribution >= 4 is 17.7 Å². The fraction of sp³-hybridized carbons (Fsp3) is 0.786. The summed E-state index contributed by atoms with van der Waals surface area (Å²) < 4.78 is 2.02. The highest BCUT2D eigenvalue weighted by atomic mass is 32.2. The Kier molecular flexibility index (Phi) is 6.35. The first-order valence-electron chi connectivity index (χ1n) is 7.59. The molecule has 7 heteroatoms. The summed E-state index contributed by atoms with van der Waals surface area (Å²) in [4.78, 5) is 8.74. The van der Waals surface area contributed by atoms with E-state index in [0.717, 1.165) is 43.5 Å². The number of aryl methyl sites for hydroxylation is 2. The molecule has 1 atom stereocenters. The van der Waals surface area contributed by atoms with Gasteiger partial charge in [-0.25, -0.2) is 9.67 Å². The van der Waals surface area contributed by atoms with Crippen LogP contribution in [0.15, 0.2) is 4.99 Å². The number of unbranched alkanes of at least 4 members (excludes halogenated alkanes) is 1. The Bertz CT molecular complexity index is 470. The summed E-state index contributed by atoms with van der Waals surface area (Å²) in [6, 6.07) is 0.371. The molecule has 0 amide bonds. The number of nitrogens with one attached hydrogen (secondary N) is 2. The topological polar surface area (TPSA) is 67.1 Å². The van der Waals surface area contributed by atoms with Crippen molar-refractivity contribution < 1.29 is 0 Å². The van der Waals surface area contributed by atoms with E-state index in [1.54, 1.807) is 0 Å². The minimum absolute atomic E-state index is 0.371. The Morgan fingerprint density at radius 2 is 2.33 bits per heavy atom. The Labute approximate surface area is 131 Å². The van der Waals surface area contributed by atoms with Crippen molar-refractivity contribution in [3.8, 4) is 0 Å². The average Bonchev–Trinajstić information content (AvgIpc) is 2.85. The maximum Gasteiger partial charge on any atom is 0.191 e. The van der Waals surface area contributed by atoms with Crippen LogP contribution in [0, 0.1) is 6.92 Å². The van der Waals surface area contributed by atoms with Crippen molar-refractivity contribution in [2.45, 2.75) is 45.2 Å². The van der Waals surface area contributed by atoms with Crippen LogP contribution in [0.1, 0.15) is 30.9 Å². The van der Waals surface area contributed by atoms with E-state index in [-0.39, 0.29) is 0 Å². The molecule has 1 aliphatic heterocycles. The molecule has 1 aromatic rings. The summed E-state index contributed by atoms with van der Waals surface area (Å²) in [5, 5.41) is 11.3. The van der Waals surface area contributed by atoms with E-state index in [1.165, 1.54) is 18.6 Å². The lowest BCUT2D eigenvalue weighted by molar-refractivity contribution is 0.392. The summed E-state index contributed by atoms with van der Waals surface area (Å²) in [6.45, 7) is 3.78. The molecule has 2 rings (SSSR count). The lowest BCUT2D eigenvalue weighted by Crippen LogP contribution is -2.47. The van der Waals surface area contributed by atoms with Crippen molar-refractivity contribution in [2.24, 2.45) is 4.99 Å². The Morgan fingerprint density at radius 1 is 1.48 bits per heavy atom. The van der Waals surface area contributed by atoms with Crippen LogP contribution >= 0.6 is 11.8 Å². The van der Waals surface area contributed by atoms with Crippen LogP contribution in [0.25, 0.3) is 0 Å². The van der Waals surface area contributed by atoms with Crippen molar-refractivity contribution in [2.75, 3.05) is 25.6 Å². The molecule has 118 valence electrons. The summed E-state index contributed by atoms with van der Waals surface area (Å²) in [7, 11) is 1.82. The second kappa shape index (κ2) is 8.26. The average molecular weight is 310 g/mol. The molecule has 0 radical (unpaired) electrons. The van der Waals surface area contributed by atoms with Gasteiger partial charge >= 0.3 is 0 Å². The first kappa shape index (κ1) is 16.1. The van der Waals surface area contributed by atoms with Crippen LogP contribution in [-0.4, -0.2) is 52.4 Å². The number of aromatic nitrogens is 3. The highest BCUT2D eigenvalue weighted by molar-refractivity contribution is 7.98. The minimum atomic E-state index is 0.371. The first-order chi connectivity index (χ1) is 10.2. The second-order valence-electron chi connectivity index (χ2n) is 5.34. The van der Waals surface area contributed by atoms with Crippen molar-refractivity contribution in [3.63, 3.8) is 0 Å². The van der Waals surface area contributed by atoms with Crippen LogP contribution in [0.5, 0.6) is 0 Å².